The van der Waals surface area contributed by atoms with Gasteiger partial charge < -0.3 is 5.73 Å². The molecule has 0 atom stereocenters. The van der Waals surface area contributed by atoms with E-state index in [9.17, 15) is 9.59 Å². The minimum absolute atomic E-state index is 0.0485. The van der Waals surface area contributed by atoms with Crippen LogP contribution in [0.25, 0.3) is 16.8 Å². The van der Waals surface area contributed by atoms with Crippen LogP contribution in [0.1, 0.15) is 5.69 Å². The van der Waals surface area contributed by atoms with Crippen LogP contribution in [0.4, 0.5) is 0 Å². The summed E-state index contributed by atoms with van der Waals surface area (Å²) < 4.78 is 1.23. The quantitative estimate of drug-likeness (QED) is 0.698. The third-order valence-electron chi connectivity index (χ3n) is 3.06. The largest absolute Gasteiger partial charge is 0.369 e. The molecule has 1 amide bonds. The summed E-state index contributed by atoms with van der Waals surface area (Å²) >= 11 is 1.09. The average molecular weight is 315 g/mol. The van der Waals surface area contributed by atoms with Gasteiger partial charge in [-0.05, 0) is 12.5 Å². The summed E-state index contributed by atoms with van der Waals surface area (Å²) in [6.07, 6.45) is 0. The van der Waals surface area contributed by atoms with E-state index in [1.54, 1.807) is 0 Å². The molecule has 0 aliphatic carbocycles. The lowest BCUT2D eigenvalue weighted by Gasteiger charge is -2.02. The molecule has 0 fully saturated rings. The van der Waals surface area contributed by atoms with Crippen LogP contribution in [-0.4, -0.2) is 31.2 Å². The second-order valence-corrected chi connectivity index (χ2v) is 5.63. The highest BCUT2D eigenvalue weighted by molar-refractivity contribution is 7.99. The SMILES string of the molecule is Cc1nn2c(=O)[nH]c(SCC(N)=O)nc2c1-c1ccccc1. The number of aromatic amines is 1. The molecule has 2 heterocycles. The standard InChI is InChI=1S/C14H13N5O2S/c1-8-11(9-5-3-2-4-6-9)12-16-13(22-7-10(15)20)17-14(21)19(12)18-8/h2-6H,7H2,1H3,(H2,15,20)(H,16,17,21). The predicted octanol–water partition coefficient (Wildman–Crippen LogP) is 0.970. The van der Waals surface area contributed by atoms with Crippen LogP contribution in [0, 0.1) is 6.92 Å². The number of fused-ring (bicyclic) bond motifs is 1. The second kappa shape index (κ2) is 5.64. The van der Waals surface area contributed by atoms with Crippen molar-refractivity contribution in [3.8, 4) is 11.1 Å². The normalized spacial score (nSPS) is 11.0. The number of primary amides is 1. The smallest absolute Gasteiger partial charge is 0.350 e. The number of carbonyl (C=O) groups is 1. The van der Waals surface area contributed by atoms with E-state index in [0.717, 1.165) is 22.9 Å². The predicted molar refractivity (Wildman–Crippen MR) is 83.7 cm³/mol. The van der Waals surface area contributed by atoms with Crippen molar-refractivity contribution in [1.82, 2.24) is 19.6 Å². The van der Waals surface area contributed by atoms with E-state index in [1.807, 2.05) is 37.3 Å². The van der Waals surface area contributed by atoms with Gasteiger partial charge >= 0.3 is 5.69 Å². The van der Waals surface area contributed by atoms with Crippen molar-refractivity contribution >= 4 is 23.3 Å². The number of nitrogens with two attached hydrogens (primary N) is 1. The van der Waals surface area contributed by atoms with Crippen LogP contribution >= 0.6 is 11.8 Å². The van der Waals surface area contributed by atoms with E-state index >= 15 is 0 Å². The van der Waals surface area contributed by atoms with Crippen LogP contribution in [0.3, 0.4) is 0 Å². The van der Waals surface area contributed by atoms with Gasteiger partial charge in [-0.25, -0.2) is 9.78 Å². The number of H-pyrrole nitrogens is 1. The summed E-state index contributed by atoms with van der Waals surface area (Å²) in [4.78, 5) is 30.0. The summed E-state index contributed by atoms with van der Waals surface area (Å²) in [5.74, 6) is -0.423. The molecule has 0 aliphatic rings. The summed E-state index contributed by atoms with van der Waals surface area (Å²) in [7, 11) is 0. The fraction of sp³-hybridized carbons (Fsp3) is 0.143. The molecule has 1 aromatic carbocycles. The number of carbonyl (C=O) groups excluding carboxylic acids is 1. The van der Waals surface area contributed by atoms with E-state index in [0.29, 0.717) is 16.5 Å². The first kappa shape index (κ1) is 14.3. The summed E-state index contributed by atoms with van der Waals surface area (Å²) in [5.41, 5.74) is 7.61. The molecule has 3 aromatic rings. The van der Waals surface area contributed by atoms with Crippen molar-refractivity contribution < 1.29 is 4.79 Å². The number of benzene rings is 1. The van der Waals surface area contributed by atoms with Gasteiger partial charge in [0.15, 0.2) is 10.8 Å². The molecule has 0 saturated carbocycles. The van der Waals surface area contributed by atoms with Gasteiger partial charge in [-0.3, -0.25) is 9.78 Å². The highest BCUT2D eigenvalue weighted by atomic mass is 32.2. The minimum atomic E-state index is -0.472. The molecule has 3 N–H and O–H groups in total. The zero-order valence-corrected chi connectivity index (χ0v) is 12.6. The molecule has 2 aromatic heterocycles. The minimum Gasteiger partial charge on any atom is -0.369 e. The third kappa shape index (κ3) is 2.60. The van der Waals surface area contributed by atoms with Crippen molar-refractivity contribution in [2.24, 2.45) is 5.73 Å². The molecular weight excluding hydrogens is 302 g/mol. The number of nitrogens with one attached hydrogen (secondary N) is 1. The van der Waals surface area contributed by atoms with Crippen molar-refractivity contribution in [1.29, 1.82) is 0 Å². The van der Waals surface area contributed by atoms with Crippen molar-refractivity contribution in [3.05, 3.63) is 46.5 Å². The molecule has 0 unspecified atom stereocenters. The van der Waals surface area contributed by atoms with Crippen LogP contribution in [0.5, 0.6) is 0 Å². The lowest BCUT2D eigenvalue weighted by molar-refractivity contribution is -0.115. The summed E-state index contributed by atoms with van der Waals surface area (Å²) in [6, 6.07) is 9.60. The molecule has 0 saturated heterocycles. The number of nitrogens with zero attached hydrogens (tertiary/aromatic N) is 3. The molecule has 0 bridgehead atoms. The number of aryl methyl sites for hydroxylation is 1. The van der Waals surface area contributed by atoms with Crippen LogP contribution < -0.4 is 11.4 Å². The van der Waals surface area contributed by atoms with Crippen LogP contribution in [-0.2, 0) is 4.79 Å². The number of rotatable bonds is 4. The Morgan fingerprint density at radius 3 is 2.77 bits per heavy atom. The first-order chi connectivity index (χ1) is 10.6. The Morgan fingerprint density at radius 2 is 2.09 bits per heavy atom. The van der Waals surface area contributed by atoms with Gasteiger partial charge in [-0.15, -0.1) is 0 Å². The van der Waals surface area contributed by atoms with Gasteiger partial charge in [-0.2, -0.15) is 9.61 Å². The number of hydrogen-bond acceptors (Lipinski definition) is 5. The van der Waals surface area contributed by atoms with E-state index in [1.165, 1.54) is 4.52 Å². The molecule has 22 heavy (non-hydrogen) atoms. The Hall–Kier alpha value is -2.61. The maximum atomic E-state index is 12.1. The molecular formula is C14H13N5O2S. The van der Waals surface area contributed by atoms with Gasteiger partial charge in [-0.1, -0.05) is 42.1 Å². The van der Waals surface area contributed by atoms with Crippen molar-refractivity contribution in [3.63, 3.8) is 0 Å². The Morgan fingerprint density at radius 1 is 1.36 bits per heavy atom. The fourth-order valence-electron chi connectivity index (χ4n) is 2.18. The zero-order chi connectivity index (χ0) is 15.7. The summed E-state index contributed by atoms with van der Waals surface area (Å²) in [6.45, 7) is 1.83. The lowest BCUT2D eigenvalue weighted by atomic mass is 10.1. The van der Waals surface area contributed by atoms with Crippen LogP contribution in [0.2, 0.25) is 0 Å². The zero-order valence-electron chi connectivity index (χ0n) is 11.7. The van der Waals surface area contributed by atoms with E-state index in [2.05, 4.69) is 15.1 Å². The molecule has 112 valence electrons. The monoisotopic (exact) mass is 315 g/mol. The van der Waals surface area contributed by atoms with Gasteiger partial charge in [0.05, 0.1) is 11.4 Å². The molecule has 0 aliphatic heterocycles. The first-order valence-electron chi connectivity index (χ1n) is 6.52. The Kier molecular flexibility index (Phi) is 3.68. The topological polar surface area (TPSA) is 106 Å². The van der Waals surface area contributed by atoms with E-state index < -0.39 is 11.6 Å². The van der Waals surface area contributed by atoms with Gasteiger partial charge in [0.1, 0.15) is 0 Å². The first-order valence-corrected chi connectivity index (χ1v) is 7.51. The van der Waals surface area contributed by atoms with Crippen molar-refractivity contribution in [2.45, 2.75) is 12.1 Å². The number of amides is 1. The van der Waals surface area contributed by atoms with Crippen molar-refractivity contribution in [2.75, 3.05) is 5.75 Å². The third-order valence-corrected chi connectivity index (χ3v) is 3.96. The highest BCUT2D eigenvalue weighted by Crippen LogP contribution is 2.26. The Labute approximate surface area is 129 Å². The molecule has 8 heteroatoms. The molecule has 3 rings (SSSR count). The molecule has 7 nitrogen and oxygen atoms in total. The van der Waals surface area contributed by atoms with E-state index in [4.69, 9.17) is 5.73 Å². The molecule has 0 radical (unpaired) electrons. The Bertz CT molecular complexity index is 901. The Balaban J connectivity index is 2.18. The molecule has 0 spiro atoms. The van der Waals surface area contributed by atoms with Crippen LogP contribution in [0.15, 0.2) is 40.3 Å². The maximum Gasteiger partial charge on any atom is 0.350 e. The van der Waals surface area contributed by atoms with Gasteiger partial charge in [0, 0.05) is 5.56 Å². The number of hydrogen-bond donors (Lipinski definition) is 2. The van der Waals surface area contributed by atoms with E-state index in [-0.39, 0.29) is 5.75 Å². The van der Waals surface area contributed by atoms with Gasteiger partial charge in [0.2, 0.25) is 5.91 Å². The second-order valence-electron chi connectivity index (χ2n) is 4.66. The maximum absolute atomic E-state index is 12.1. The number of thioether (sulfide) groups is 1. The average Bonchev–Trinajstić information content (AvgIpc) is 2.83. The highest BCUT2D eigenvalue weighted by Gasteiger charge is 2.16. The lowest BCUT2D eigenvalue weighted by Crippen LogP contribution is -2.20. The summed E-state index contributed by atoms with van der Waals surface area (Å²) in [5, 5.41) is 4.58. The number of aromatic nitrogens is 4. The fourth-order valence-corrected chi connectivity index (χ4v) is 2.77. The van der Waals surface area contributed by atoms with Gasteiger partial charge in [0.25, 0.3) is 0 Å².